The summed E-state index contributed by atoms with van der Waals surface area (Å²) in [5, 5.41) is 13.4. The second-order valence-electron chi connectivity index (χ2n) is 6.95. The van der Waals surface area contributed by atoms with Crippen LogP contribution in [-0.2, 0) is 0 Å². The average molecular weight is 402 g/mol. The summed E-state index contributed by atoms with van der Waals surface area (Å²) in [7, 11) is 0. The number of urea groups is 1. The van der Waals surface area contributed by atoms with E-state index in [1.54, 1.807) is 4.90 Å². The average Bonchev–Trinajstić information content (AvgIpc) is 3.16. The van der Waals surface area contributed by atoms with Crippen LogP contribution in [0.15, 0.2) is 30.6 Å². The third kappa shape index (κ3) is 4.24. The Balaban J connectivity index is 1.35. The quantitative estimate of drug-likeness (QED) is 0.604. The van der Waals surface area contributed by atoms with Gasteiger partial charge in [0.15, 0.2) is 11.6 Å². The molecule has 0 unspecified atom stereocenters. The van der Waals surface area contributed by atoms with Gasteiger partial charge in [0.05, 0.1) is 11.0 Å². The topological polar surface area (TPSA) is 114 Å². The summed E-state index contributed by atoms with van der Waals surface area (Å²) in [5.74, 6) is -0.895. The van der Waals surface area contributed by atoms with E-state index in [0.29, 0.717) is 19.1 Å². The molecule has 1 N–H and O–H groups in total. The van der Waals surface area contributed by atoms with Crippen LogP contribution in [0.5, 0.6) is 11.6 Å². The number of nitrogens with zero attached hydrogens (tertiary/aromatic N) is 5. The first-order valence-corrected chi connectivity index (χ1v) is 9.23. The van der Waals surface area contributed by atoms with Crippen molar-refractivity contribution in [1.29, 1.82) is 0 Å². The number of carbonyl (C=O) groups excluding carboxylic acids is 1. The van der Waals surface area contributed by atoms with Gasteiger partial charge in [-0.3, -0.25) is 20.3 Å². The fourth-order valence-corrected chi connectivity index (χ4v) is 3.41. The Morgan fingerprint density at radius 3 is 2.69 bits per heavy atom. The molecule has 29 heavy (non-hydrogen) atoms. The van der Waals surface area contributed by atoms with Crippen molar-refractivity contribution in [2.24, 2.45) is 0 Å². The van der Waals surface area contributed by atoms with Crippen LogP contribution in [0.3, 0.4) is 0 Å². The lowest BCUT2D eigenvalue weighted by Crippen LogP contribution is -2.61. The predicted octanol–water partition coefficient (Wildman–Crippen LogP) is 2.63. The maximum absolute atomic E-state index is 14.0. The lowest BCUT2D eigenvalue weighted by atomic mass is 10.1. The van der Waals surface area contributed by atoms with E-state index in [0.717, 1.165) is 31.3 Å². The van der Waals surface area contributed by atoms with Gasteiger partial charge in [-0.2, -0.15) is 0 Å². The van der Waals surface area contributed by atoms with Crippen molar-refractivity contribution < 1.29 is 18.8 Å². The number of anilines is 1. The standard InChI is InChI=1S/C18H19FN6O4/c19-14-7-12(25(27)28)3-4-15(14)29-17-8-16(20-11-21-17)22-18(26)24-9-13(10-24)23-5-1-2-6-23/h3-4,7-8,11,13H,1-2,5-6,9-10H2,(H,20,21,22,26). The van der Waals surface area contributed by atoms with Crippen molar-refractivity contribution in [2.45, 2.75) is 18.9 Å². The second-order valence-corrected chi connectivity index (χ2v) is 6.95. The van der Waals surface area contributed by atoms with E-state index in [9.17, 15) is 19.3 Å². The van der Waals surface area contributed by atoms with Crippen LogP contribution in [-0.4, -0.2) is 62.9 Å². The van der Waals surface area contributed by atoms with Crippen molar-refractivity contribution >= 4 is 17.5 Å². The number of halogens is 1. The molecule has 3 heterocycles. The van der Waals surface area contributed by atoms with E-state index in [2.05, 4.69) is 20.2 Å². The predicted molar refractivity (Wildman–Crippen MR) is 100 cm³/mol. The van der Waals surface area contributed by atoms with Crippen LogP contribution < -0.4 is 10.1 Å². The molecule has 1 aromatic carbocycles. The highest BCUT2D eigenvalue weighted by molar-refractivity contribution is 5.89. The highest BCUT2D eigenvalue weighted by atomic mass is 19.1. The molecule has 0 atom stereocenters. The number of ether oxygens (including phenoxy) is 1. The molecule has 0 spiro atoms. The number of nitro benzene ring substituents is 1. The van der Waals surface area contributed by atoms with Crippen LogP contribution in [0, 0.1) is 15.9 Å². The molecule has 1 aromatic heterocycles. The number of nitro groups is 1. The van der Waals surface area contributed by atoms with Crippen molar-refractivity contribution in [2.75, 3.05) is 31.5 Å². The smallest absolute Gasteiger partial charge is 0.323 e. The minimum atomic E-state index is -0.892. The summed E-state index contributed by atoms with van der Waals surface area (Å²) in [4.78, 5) is 34.3. The molecule has 0 aliphatic carbocycles. The molecule has 11 heteroatoms. The molecule has 0 radical (unpaired) electrons. The molecule has 2 amide bonds. The van der Waals surface area contributed by atoms with E-state index in [-0.39, 0.29) is 29.2 Å². The maximum atomic E-state index is 14.0. The van der Waals surface area contributed by atoms with Gasteiger partial charge >= 0.3 is 6.03 Å². The first-order valence-electron chi connectivity index (χ1n) is 9.23. The number of hydrogen-bond donors (Lipinski definition) is 1. The lowest BCUT2D eigenvalue weighted by molar-refractivity contribution is -0.385. The number of likely N-dealkylation sites (tertiary alicyclic amines) is 2. The van der Waals surface area contributed by atoms with Crippen LogP contribution >= 0.6 is 0 Å². The van der Waals surface area contributed by atoms with Crippen LogP contribution in [0.2, 0.25) is 0 Å². The Morgan fingerprint density at radius 1 is 1.24 bits per heavy atom. The molecule has 4 rings (SSSR count). The largest absolute Gasteiger partial charge is 0.436 e. The zero-order chi connectivity index (χ0) is 20.4. The minimum Gasteiger partial charge on any atom is -0.436 e. The van der Waals surface area contributed by atoms with Gasteiger partial charge in [-0.05, 0) is 32.0 Å². The Kier molecular flexibility index (Phi) is 5.21. The highest BCUT2D eigenvalue weighted by Gasteiger charge is 2.35. The molecular weight excluding hydrogens is 383 g/mol. The van der Waals surface area contributed by atoms with E-state index in [4.69, 9.17) is 4.74 Å². The number of rotatable bonds is 5. The summed E-state index contributed by atoms with van der Waals surface area (Å²) in [5.41, 5.74) is -0.382. The first kappa shape index (κ1) is 19.0. The van der Waals surface area contributed by atoms with E-state index in [1.807, 2.05) is 0 Å². The third-order valence-corrected chi connectivity index (χ3v) is 5.02. The van der Waals surface area contributed by atoms with Crippen LogP contribution in [0.4, 0.5) is 20.7 Å². The molecular formula is C18H19FN6O4. The van der Waals surface area contributed by atoms with Crippen molar-refractivity contribution in [3.63, 3.8) is 0 Å². The van der Waals surface area contributed by atoms with Gasteiger partial charge in [0.1, 0.15) is 12.1 Å². The molecule has 2 saturated heterocycles. The Morgan fingerprint density at radius 2 is 2.00 bits per heavy atom. The number of benzene rings is 1. The van der Waals surface area contributed by atoms with E-state index in [1.165, 1.54) is 25.2 Å². The van der Waals surface area contributed by atoms with Gasteiger partial charge in [-0.25, -0.2) is 19.2 Å². The van der Waals surface area contributed by atoms with Crippen molar-refractivity contribution in [1.82, 2.24) is 19.8 Å². The Hall–Kier alpha value is -3.34. The number of amides is 2. The normalized spacial score (nSPS) is 17.1. The molecule has 10 nitrogen and oxygen atoms in total. The number of non-ortho nitro benzene ring substituents is 1. The second kappa shape index (κ2) is 7.95. The summed E-state index contributed by atoms with van der Waals surface area (Å²) in [6.45, 7) is 3.53. The summed E-state index contributed by atoms with van der Waals surface area (Å²) in [6.07, 6.45) is 3.60. The minimum absolute atomic E-state index is 0.00149. The number of hydrogen-bond acceptors (Lipinski definition) is 7. The van der Waals surface area contributed by atoms with Gasteiger partial charge in [0, 0.05) is 31.3 Å². The van der Waals surface area contributed by atoms with Crippen LogP contribution in [0.25, 0.3) is 0 Å². The number of carbonyl (C=O) groups is 1. The summed E-state index contributed by atoms with van der Waals surface area (Å²) >= 11 is 0. The SMILES string of the molecule is O=C(Nc1cc(Oc2ccc([N+](=O)[O-])cc2F)ncn1)N1CC(N2CCCC2)C1. The number of nitrogens with one attached hydrogen (secondary N) is 1. The Bertz CT molecular complexity index is 930. The first-order chi connectivity index (χ1) is 14.0. The molecule has 2 aliphatic rings. The zero-order valence-electron chi connectivity index (χ0n) is 15.5. The molecule has 0 bridgehead atoms. The number of aromatic nitrogens is 2. The lowest BCUT2D eigenvalue weighted by Gasteiger charge is -2.43. The summed E-state index contributed by atoms with van der Waals surface area (Å²) < 4.78 is 19.3. The molecule has 0 saturated carbocycles. The molecule has 2 aliphatic heterocycles. The van der Waals surface area contributed by atoms with Gasteiger partial charge in [0.2, 0.25) is 5.88 Å². The highest BCUT2D eigenvalue weighted by Crippen LogP contribution is 2.27. The Labute approximate surface area is 165 Å². The maximum Gasteiger partial charge on any atom is 0.323 e. The van der Waals surface area contributed by atoms with Crippen molar-refractivity contribution in [3.8, 4) is 11.6 Å². The fourth-order valence-electron chi connectivity index (χ4n) is 3.41. The van der Waals surface area contributed by atoms with Gasteiger partial charge < -0.3 is 9.64 Å². The monoisotopic (exact) mass is 402 g/mol. The van der Waals surface area contributed by atoms with Crippen LogP contribution in [0.1, 0.15) is 12.8 Å². The van der Waals surface area contributed by atoms with E-state index >= 15 is 0 Å². The zero-order valence-corrected chi connectivity index (χ0v) is 15.5. The molecule has 2 aromatic rings. The van der Waals surface area contributed by atoms with Crippen molar-refractivity contribution in [3.05, 3.63) is 46.5 Å². The third-order valence-electron chi connectivity index (χ3n) is 5.02. The molecule has 2 fully saturated rings. The fraction of sp³-hybridized carbons (Fsp3) is 0.389. The van der Waals surface area contributed by atoms with Gasteiger partial charge in [-0.15, -0.1) is 0 Å². The molecule has 152 valence electrons. The van der Waals surface area contributed by atoms with E-state index < -0.39 is 10.7 Å². The van der Waals surface area contributed by atoms with Gasteiger partial charge in [0.25, 0.3) is 5.69 Å². The summed E-state index contributed by atoms with van der Waals surface area (Å²) in [6, 6.07) is 4.54. The van der Waals surface area contributed by atoms with Gasteiger partial charge in [-0.1, -0.05) is 0 Å².